The summed E-state index contributed by atoms with van der Waals surface area (Å²) in [5.41, 5.74) is 0.731. The first-order valence-electron chi connectivity index (χ1n) is 8.01. The van der Waals surface area contributed by atoms with E-state index in [0.29, 0.717) is 11.8 Å². The van der Waals surface area contributed by atoms with Crippen molar-refractivity contribution in [3.8, 4) is 0 Å². The number of rotatable bonds is 3. The first-order valence-corrected chi connectivity index (χ1v) is 9.64. The molecule has 0 unspecified atom stereocenters. The first-order chi connectivity index (χ1) is 12.5. The summed E-state index contributed by atoms with van der Waals surface area (Å²) in [6, 6.07) is 10.6. The van der Waals surface area contributed by atoms with Crippen LogP contribution in [0.25, 0.3) is 0 Å². The van der Waals surface area contributed by atoms with Gasteiger partial charge in [-0.1, -0.05) is 42.3 Å². The maximum atomic E-state index is 12.7. The van der Waals surface area contributed by atoms with Gasteiger partial charge in [0, 0.05) is 16.7 Å². The number of nitrogens with zero attached hydrogens (tertiary/aromatic N) is 2. The lowest BCUT2D eigenvalue weighted by Gasteiger charge is -2.22. The highest BCUT2D eigenvalue weighted by molar-refractivity contribution is 8.00. The van der Waals surface area contributed by atoms with Gasteiger partial charge in [-0.05, 0) is 30.7 Å². The minimum absolute atomic E-state index is 0.104. The maximum absolute atomic E-state index is 12.7. The van der Waals surface area contributed by atoms with Gasteiger partial charge in [0.1, 0.15) is 5.15 Å². The monoisotopic (exact) mass is 410 g/mol. The van der Waals surface area contributed by atoms with E-state index in [1.165, 1.54) is 12.1 Å². The van der Waals surface area contributed by atoms with Crippen molar-refractivity contribution in [2.45, 2.75) is 23.5 Å². The van der Waals surface area contributed by atoms with Crippen molar-refractivity contribution in [2.75, 3.05) is 18.1 Å². The van der Waals surface area contributed by atoms with E-state index >= 15 is 0 Å². The molecule has 1 aromatic carbocycles. The second kappa shape index (κ2) is 8.29. The summed E-state index contributed by atoms with van der Waals surface area (Å²) in [6.07, 6.45) is 0.848. The Labute approximate surface area is 165 Å². The van der Waals surface area contributed by atoms with E-state index in [-0.39, 0.29) is 21.8 Å². The third-order valence-electron chi connectivity index (χ3n) is 3.88. The largest absolute Gasteiger partial charge is 0.451 e. The molecular weight excluding hydrogens is 395 g/mol. The predicted molar refractivity (Wildman–Crippen MR) is 103 cm³/mol. The van der Waals surface area contributed by atoms with Gasteiger partial charge in [0.25, 0.3) is 5.91 Å². The number of carbonyl (C=O) groups excluding carboxylic acids is 2. The maximum Gasteiger partial charge on any atom is 0.359 e. The van der Waals surface area contributed by atoms with Gasteiger partial charge < -0.3 is 9.64 Å². The molecule has 1 aromatic heterocycles. The minimum atomic E-state index is -0.781. The van der Waals surface area contributed by atoms with E-state index in [4.69, 9.17) is 27.9 Å². The van der Waals surface area contributed by atoms with Crippen LogP contribution in [0, 0.1) is 0 Å². The highest BCUT2D eigenvalue weighted by Crippen LogP contribution is 2.37. The van der Waals surface area contributed by atoms with Gasteiger partial charge >= 0.3 is 5.97 Å². The van der Waals surface area contributed by atoms with Gasteiger partial charge in [-0.15, -0.1) is 11.8 Å². The number of halogens is 2. The van der Waals surface area contributed by atoms with Gasteiger partial charge in [0.2, 0.25) is 0 Å². The lowest BCUT2D eigenvalue weighted by Crippen LogP contribution is -2.35. The molecular formula is C18H16Cl2N2O3S. The molecule has 1 aliphatic heterocycles. The molecule has 0 spiro atoms. The molecule has 26 heavy (non-hydrogen) atoms. The number of hydrogen-bond acceptors (Lipinski definition) is 5. The lowest BCUT2D eigenvalue weighted by atomic mass is 10.2. The lowest BCUT2D eigenvalue weighted by molar-refractivity contribution is -0.121. The molecule has 0 saturated carbocycles. The number of pyridine rings is 1. The Morgan fingerprint density at radius 2 is 2.04 bits per heavy atom. The van der Waals surface area contributed by atoms with Gasteiger partial charge in [0.15, 0.2) is 12.3 Å². The minimum Gasteiger partial charge on any atom is -0.451 e. The van der Waals surface area contributed by atoms with Gasteiger partial charge in [-0.25, -0.2) is 9.78 Å². The number of esters is 1. The molecule has 0 fully saturated rings. The number of para-hydroxylation sites is 1. The molecule has 8 heteroatoms. The topological polar surface area (TPSA) is 59.5 Å². The van der Waals surface area contributed by atoms with Crippen molar-refractivity contribution in [3.05, 3.63) is 52.3 Å². The van der Waals surface area contributed by atoms with Crippen molar-refractivity contribution in [3.63, 3.8) is 0 Å². The molecule has 1 atom stereocenters. The number of carbonyl (C=O) groups is 2. The smallest absolute Gasteiger partial charge is 0.359 e. The van der Waals surface area contributed by atoms with Crippen LogP contribution in [0.2, 0.25) is 10.2 Å². The van der Waals surface area contributed by atoms with Crippen molar-refractivity contribution in [2.24, 2.45) is 0 Å². The van der Waals surface area contributed by atoms with Gasteiger partial charge in [-0.3, -0.25) is 4.79 Å². The highest BCUT2D eigenvalue weighted by Gasteiger charge is 2.25. The molecule has 0 saturated heterocycles. The van der Waals surface area contributed by atoms with E-state index in [1.807, 2.05) is 24.3 Å². The van der Waals surface area contributed by atoms with Crippen molar-refractivity contribution in [1.82, 2.24) is 4.98 Å². The van der Waals surface area contributed by atoms with Crippen molar-refractivity contribution >= 4 is 52.5 Å². The van der Waals surface area contributed by atoms with Crippen LogP contribution in [-0.2, 0) is 9.53 Å². The average Bonchev–Trinajstić information content (AvgIpc) is 2.79. The van der Waals surface area contributed by atoms with E-state index < -0.39 is 12.6 Å². The fourth-order valence-corrected chi connectivity index (χ4v) is 4.02. The first kappa shape index (κ1) is 19.0. The Morgan fingerprint density at radius 1 is 1.27 bits per heavy atom. The SMILES string of the molecule is C[C@H]1CCN(C(=O)COC(=O)c2nc(Cl)ccc2Cl)c2ccccc2S1. The summed E-state index contributed by atoms with van der Waals surface area (Å²) >= 11 is 13.5. The number of benzene rings is 1. The number of thioether (sulfide) groups is 1. The molecule has 0 aliphatic carbocycles. The van der Waals surface area contributed by atoms with Crippen LogP contribution in [0.3, 0.4) is 0 Å². The van der Waals surface area contributed by atoms with Crippen LogP contribution in [0.4, 0.5) is 5.69 Å². The Morgan fingerprint density at radius 3 is 2.85 bits per heavy atom. The molecule has 2 heterocycles. The number of amides is 1. The average molecular weight is 411 g/mol. The van der Waals surface area contributed by atoms with E-state index in [1.54, 1.807) is 16.7 Å². The normalized spacial score (nSPS) is 16.6. The zero-order valence-corrected chi connectivity index (χ0v) is 16.3. The van der Waals surface area contributed by atoms with Crippen LogP contribution in [0.1, 0.15) is 23.8 Å². The van der Waals surface area contributed by atoms with Crippen LogP contribution >= 0.6 is 35.0 Å². The molecule has 1 amide bonds. The summed E-state index contributed by atoms with van der Waals surface area (Å²) in [4.78, 5) is 31.4. The quantitative estimate of drug-likeness (QED) is 0.551. The summed E-state index contributed by atoms with van der Waals surface area (Å²) in [6.45, 7) is 2.30. The Bertz CT molecular complexity index is 847. The molecule has 2 aromatic rings. The molecule has 136 valence electrons. The summed E-state index contributed by atoms with van der Waals surface area (Å²) in [5.74, 6) is -1.07. The third-order valence-corrected chi connectivity index (χ3v) is 5.63. The number of ether oxygens (including phenoxy) is 1. The number of anilines is 1. The van der Waals surface area contributed by atoms with Crippen LogP contribution in [0.5, 0.6) is 0 Å². The van der Waals surface area contributed by atoms with Crippen LogP contribution < -0.4 is 4.90 Å². The van der Waals surface area contributed by atoms with Crippen LogP contribution in [0.15, 0.2) is 41.3 Å². The number of hydrogen-bond donors (Lipinski definition) is 0. The summed E-state index contributed by atoms with van der Waals surface area (Å²) < 4.78 is 5.12. The van der Waals surface area contributed by atoms with Crippen molar-refractivity contribution in [1.29, 1.82) is 0 Å². The Balaban J connectivity index is 1.72. The Hall–Kier alpha value is -1.76. The second-order valence-electron chi connectivity index (χ2n) is 5.77. The zero-order chi connectivity index (χ0) is 18.7. The fraction of sp³-hybridized carbons (Fsp3) is 0.278. The summed E-state index contributed by atoms with van der Waals surface area (Å²) in [7, 11) is 0. The number of aromatic nitrogens is 1. The van der Waals surface area contributed by atoms with E-state index in [2.05, 4.69) is 11.9 Å². The zero-order valence-electron chi connectivity index (χ0n) is 13.9. The number of fused-ring (bicyclic) bond motifs is 1. The molecule has 5 nitrogen and oxygen atoms in total. The second-order valence-corrected chi connectivity index (χ2v) is 8.05. The standard InChI is InChI=1S/C18H16Cl2N2O3S/c1-11-8-9-22(13-4-2-3-5-14(13)26-11)16(23)10-25-18(24)17-12(19)6-7-15(20)21-17/h2-7,11H,8-10H2,1H3/t11-/m0/s1. The Kier molecular flexibility index (Phi) is 6.06. The van der Waals surface area contributed by atoms with Gasteiger partial charge in [0.05, 0.1) is 10.7 Å². The van der Waals surface area contributed by atoms with Crippen LogP contribution in [-0.4, -0.2) is 35.3 Å². The highest BCUT2D eigenvalue weighted by atomic mass is 35.5. The third kappa shape index (κ3) is 4.31. The van der Waals surface area contributed by atoms with E-state index in [0.717, 1.165) is 17.0 Å². The molecule has 0 radical (unpaired) electrons. The molecule has 0 N–H and O–H groups in total. The fourth-order valence-electron chi connectivity index (χ4n) is 2.58. The summed E-state index contributed by atoms with van der Waals surface area (Å²) in [5, 5.41) is 0.642. The predicted octanol–water partition coefficient (Wildman–Crippen LogP) is 4.46. The molecule has 1 aliphatic rings. The van der Waals surface area contributed by atoms with E-state index in [9.17, 15) is 9.59 Å². The van der Waals surface area contributed by atoms with Crippen molar-refractivity contribution < 1.29 is 14.3 Å². The molecule has 0 bridgehead atoms. The van der Waals surface area contributed by atoms with Gasteiger partial charge in [-0.2, -0.15) is 0 Å². The molecule has 3 rings (SSSR count).